The molecular formula is C20H19ClN2O4S2. The third-order valence-electron chi connectivity index (χ3n) is 4.30. The zero-order chi connectivity index (χ0) is 21.0. The van der Waals surface area contributed by atoms with Crippen LogP contribution in [0.3, 0.4) is 0 Å². The fourth-order valence-electron chi connectivity index (χ4n) is 2.65. The van der Waals surface area contributed by atoms with Gasteiger partial charge in [-0.2, -0.15) is 0 Å². The van der Waals surface area contributed by atoms with Crippen molar-refractivity contribution < 1.29 is 17.9 Å². The summed E-state index contributed by atoms with van der Waals surface area (Å²) in [6.45, 7) is 0.241. The minimum Gasteiger partial charge on any atom is -0.497 e. The molecule has 152 valence electrons. The van der Waals surface area contributed by atoms with E-state index in [1.165, 1.54) is 37.6 Å². The van der Waals surface area contributed by atoms with E-state index in [9.17, 15) is 13.2 Å². The van der Waals surface area contributed by atoms with Gasteiger partial charge in [0, 0.05) is 18.6 Å². The minimum absolute atomic E-state index is 0.106. The van der Waals surface area contributed by atoms with Crippen LogP contribution in [0.1, 0.15) is 15.2 Å². The smallest absolute Gasteiger partial charge is 0.264 e. The number of carbonyl (C=O) groups is 1. The van der Waals surface area contributed by atoms with Gasteiger partial charge in [-0.05, 0) is 47.3 Å². The SMILES string of the molecule is COc1ccc(S(=O)(=O)N(C)c2ccsc2C(=O)NCc2ccccc2Cl)cc1. The second-order valence-corrected chi connectivity index (χ2v) is 9.35. The van der Waals surface area contributed by atoms with Gasteiger partial charge in [0.05, 0.1) is 17.7 Å². The Hall–Kier alpha value is -2.55. The summed E-state index contributed by atoms with van der Waals surface area (Å²) in [5.41, 5.74) is 1.09. The molecule has 0 radical (unpaired) electrons. The quantitative estimate of drug-likeness (QED) is 0.586. The lowest BCUT2D eigenvalue weighted by atomic mass is 10.2. The van der Waals surface area contributed by atoms with E-state index in [-0.39, 0.29) is 17.3 Å². The standard InChI is InChI=1S/C20H19ClN2O4S2/c1-23(29(25,26)16-9-7-15(27-2)8-10-16)18-11-12-28-19(18)20(24)22-13-14-5-3-4-6-17(14)21/h3-12H,13H2,1-2H3,(H,22,24). The number of ether oxygens (including phenoxy) is 1. The molecule has 1 aromatic heterocycles. The van der Waals surface area contributed by atoms with Gasteiger partial charge in [-0.1, -0.05) is 29.8 Å². The number of nitrogens with zero attached hydrogens (tertiary/aromatic N) is 1. The summed E-state index contributed by atoms with van der Waals surface area (Å²) in [6, 6.07) is 14.9. The number of sulfonamides is 1. The number of rotatable bonds is 7. The van der Waals surface area contributed by atoms with Crippen molar-refractivity contribution in [2.24, 2.45) is 0 Å². The van der Waals surface area contributed by atoms with Crippen LogP contribution < -0.4 is 14.4 Å². The van der Waals surface area contributed by atoms with Gasteiger partial charge in [0.1, 0.15) is 10.6 Å². The molecule has 0 spiro atoms. The molecule has 0 aliphatic carbocycles. The van der Waals surface area contributed by atoms with Crippen LogP contribution in [0.2, 0.25) is 5.02 Å². The predicted molar refractivity (Wildman–Crippen MR) is 116 cm³/mol. The van der Waals surface area contributed by atoms with Crippen LogP contribution in [0.15, 0.2) is 64.9 Å². The normalized spacial score (nSPS) is 11.1. The molecule has 9 heteroatoms. The van der Waals surface area contributed by atoms with Crippen molar-refractivity contribution in [3.63, 3.8) is 0 Å². The average molecular weight is 451 g/mol. The molecule has 1 heterocycles. The first kappa shape index (κ1) is 21.2. The van der Waals surface area contributed by atoms with Crippen LogP contribution in [0.4, 0.5) is 5.69 Å². The highest BCUT2D eigenvalue weighted by Gasteiger charge is 2.26. The zero-order valence-corrected chi connectivity index (χ0v) is 18.1. The number of anilines is 1. The molecule has 0 fully saturated rings. The van der Waals surface area contributed by atoms with Crippen LogP contribution in [-0.4, -0.2) is 28.5 Å². The highest BCUT2D eigenvalue weighted by Crippen LogP contribution is 2.30. The molecule has 3 rings (SSSR count). The molecule has 0 saturated carbocycles. The summed E-state index contributed by atoms with van der Waals surface area (Å²) >= 11 is 7.29. The topological polar surface area (TPSA) is 75.7 Å². The fourth-order valence-corrected chi connectivity index (χ4v) is 4.96. The first-order valence-corrected chi connectivity index (χ1v) is 11.3. The van der Waals surface area contributed by atoms with Gasteiger partial charge >= 0.3 is 0 Å². The zero-order valence-electron chi connectivity index (χ0n) is 15.8. The Morgan fingerprint density at radius 3 is 2.48 bits per heavy atom. The summed E-state index contributed by atoms with van der Waals surface area (Å²) < 4.78 is 32.1. The van der Waals surface area contributed by atoms with Crippen molar-refractivity contribution in [1.29, 1.82) is 0 Å². The van der Waals surface area contributed by atoms with E-state index >= 15 is 0 Å². The maximum absolute atomic E-state index is 13.0. The lowest BCUT2D eigenvalue weighted by Crippen LogP contribution is -2.29. The Bertz CT molecular complexity index is 1110. The van der Waals surface area contributed by atoms with Gasteiger partial charge in [-0.25, -0.2) is 8.42 Å². The molecule has 0 atom stereocenters. The maximum Gasteiger partial charge on any atom is 0.264 e. The second-order valence-electron chi connectivity index (χ2n) is 6.06. The molecule has 29 heavy (non-hydrogen) atoms. The van der Waals surface area contributed by atoms with Gasteiger partial charge in [-0.3, -0.25) is 9.10 Å². The third kappa shape index (κ3) is 4.55. The van der Waals surface area contributed by atoms with Crippen molar-refractivity contribution >= 4 is 44.6 Å². The van der Waals surface area contributed by atoms with Crippen molar-refractivity contribution in [3.8, 4) is 5.75 Å². The van der Waals surface area contributed by atoms with E-state index in [2.05, 4.69) is 5.32 Å². The second kappa shape index (κ2) is 8.86. The summed E-state index contributed by atoms with van der Waals surface area (Å²) in [5, 5.41) is 5.03. The van der Waals surface area contributed by atoms with Crippen LogP contribution in [0.25, 0.3) is 0 Å². The predicted octanol–water partition coefficient (Wildman–Crippen LogP) is 4.17. The number of hydrogen-bond donors (Lipinski definition) is 1. The number of nitrogens with one attached hydrogen (secondary N) is 1. The van der Waals surface area contributed by atoms with Crippen LogP contribution >= 0.6 is 22.9 Å². The molecule has 1 N–H and O–H groups in total. The number of hydrogen-bond acceptors (Lipinski definition) is 5. The molecule has 6 nitrogen and oxygen atoms in total. The van der Waals surface area contributed by atoms with Crippen LogP contribution in [0, 0.1) is 0 Å². The van der Waals surface area contributed by atoms with Crippen molar-refractivity contribution in [2.75, 3.05) is 18.5 Å². The molecule has 0 unspecified atom stereocenters. The maximum atomic E-state index is 13.0. The van der Waals surface area contributed by atoms with Crippen molar-refractivity contribution in [2.45, 2.75) is 11.4 Å². The Kier molecular flexibility index (Phi) is 6.46. The lowest BCUT2D eigenvalue weighted by Gasteiger charge is -2.20. The largest absolute Gasteiger partial charge is 0.497 e. The summed E-state index contributed by atoms with van der Waals surface area (Å²) in [7, 11) is -0.902. The first-order valence-electron chi connectivity index (χ1n) is 8.56. The Morgan fingerprint density at radius 2 is 1.83 bits per heavy atom. The van der Waals surface area contributed by atoms with Gasteiger partial charge < -0.3 is 10.1 Å². The van der Waals surface area contributed by atoms with E-state index in [1.807, 2.05) is 18.2 Å². The van der Waals surface area contributed by atoms with Crippen LogP contribution in [-0.2, 0) is 16.6 Å². The van der Waals surface area contributed by atoms with E-state index in [0.29, 0.717) is 21.3 Å². The average Bonchev–Trinajstić information content (AvgIpc) is 3.22. The molecule has 0 aliphatic rings. The van der Waals surface area contributed by atoms with Crippen molar-refractivity contribution in [1.82, 2.24) is 5.32 Å². The molecule has 3 aromatic rings. The number of thiophene rings is 1. The Labute approximate surface area is 178 Å². The van der Waals surface area contributed by atoms with E-state index in [4.69, 9.17) is 16.3 Å². The van der Waals surface area contributed by atoms with E-state index < -0.39 is 10.0 Å². The number of amides is 1. The number of halogens is 1. The molecular weight excluding hydrogens is 432 g/mol. The lowest BCUT2D eigenvalue weighted by molar-refractivity contribution is 0.0955. The van der Waals surface area contributed by atoms with Gasteiger partial charge in [-0.15, -0.1) is 11.3 Å². The molecule has 0 bridgehead atoms. The Morgan fingerprint density at radius 1 is 1.14 bits per heavy atom. The summed E-state index contributed by atoms with van der Waals surface area (Å²) in [6.07, 6.45) is 0. The van der Waals surface area contributed by atoms with Gasteiger partial charge in [0.25, 0.3) is 15.9 Å². The minimum atomic E-state index is -3.83. The fraction of sp³-hybridized carbons (Fsp3) is 0.150. The Balaban J connectivity index is 1.80. The summed E-state index contributed by atoms with van der Waals surface area (Å²) in [4.78, 5) is 13.1. The van der Waals surface area contributed by atoms with Crippen molar-refractivity contribution in [3.05, 3.63) is 75.4 Å². The van der Waals surface area contributed by atoms with Crippen LogP contribution in [0.5, 0.6) is 5.75 Å². The molecule has 1 amide bonds. The highest BCUT2D eigenvalue weighted by molar-refractivity contribution is 7.92. The molecule has 0 aliphatic heterocycles. The number of methoxy groups -OCH3 is 1. The number of carbonyl (C=O) groups excluding carboxylic acids is 1. The first-order chi connectivity index (χ1) is 13.8. The third-order valence-corrected chi connectivity index (χ3v) is 7.36. The molecule has 0 saturated heterocycles. The number of benzene rings is 2. The highest BCUT2D eigenvalue weighted by atomic mass is 35.5. The van der Waals surface area contributed by atoms with Gasteiger partial charge in [0.15, 0.2) is 0 Å². The summed E-state index contributed by atoms with van der Waals surface area (Å²) in [5.74, 6) is 0.188. The van der Waals surface area contributed by atoms with E-state index in [1.54, 1.807) is 29.6 Å². The van der Waals surface area contributed by atoms with Gasteiger partial charge in [0.2, 0.25) is 0 Å². The monoisotopic (exact) mass is 450 g/mol. The molecule has 2 aromatic carbocycles. The van der Waals surface area contributed by atoms with E-state index in [0.717, 1.165) is 9.87 Å².